The average molecular weight is 281 g/mol. The second-order valence-electron chi connectivity index (χ2n) is 4.76. The molecule has 4 heteroatoms. The second kappa shape index (κ2) is 7.65. The maximum absolute atomic E-state index is 5.99. The molecule has 0 aromatic heterocycles. The highest BCUT2D eigenvalue weighted by Crippen LogP contribution is 2.30. The first kappa shape index (κ1) is 14.5. The molecule has 106 valence electrons. The third kappa shape index (κ3) is 4.62. The fourth-order valence-electron chi connectivity index (χ4n) is 2.26. The molecule has 1 aliphatic heterocycles. The van der Waals surface area contributed by atoms with Crippen LogP contribution in [0.4, 0.5) is 5.69 Å². The zero-order valence-electron chi connectivity index (χ0n) is 11.6. The number of thioether (sulfide) groups is 1. The highest BCUT2D eigenvalue weighted by Gasteiger charge is 2.14. The fraction of sp³-hybridized carbons (Fsp3) is 0.600. The monoisotopic (exact) mass is 281 g/mol. The minimum absolute atomic E-state index is 0.493. The van der Waals surface area contributed by atoms with Crippen molar-refractivity contribution in [2.24, 2.45) is 0 Å². The van der Waals surface area contributed by atoms with Crippen LogP contribution in [0.5, 0.6) is 5.75 Å². The first-order valence-electron chi connectivity index (χ1n) is 7.06. The molecule has 1 aromatic rings. The van der Waals surface area contributed by atoms with Gasteiger partial charge in [-0.15, -0.1) is 11.8 Å². The maximum Gasteiger partial charge on any atom is 0.120 e. The molecular formula is C15H23NO2S. The van der Waals surface area contributed by atoms with E-state index in [1.54, 1.807) is 0 Å². The minimum Gasteiger partial charge on any atom is -0.494 e. The Balaban J connectivity index is 1.76. The number of anilines is 1. The summed E-state index contributed by atoms with van der Waals surface area (Å²) in [5.74, 6) is 1.98. The molecule has 0 aliphatic carbocycles. The summed E-state index contributed by atoms with van der Waals surface area (Å²) in [4.78, 5) is 1.12. The van der Waals surface area contributed by atoms with Crippen LogP contribution in [-0.4, -0.2) is 25.1 Å². The van der Waals surface area contributed by atoms with Gasteiger partial charge in [0.1, 0.15) is 5.75 Å². The van der Waals surface area contributed by atoms with Gasteiger partial charge in [-0.2, -0.15) is 0 Å². The smallest absolute Gasteiger partial charge is 0.120 e. The zero-order valence-corrected chi connectivity index (χ0v) is 12.4. The molecule has 0 bridgehead atoms. The first-order chi connectivity index (χ1) is 9.29. The van der Waals surface area contributed by atoms with E-state index < -0.39 is 0 Å². The van der Waals surface area contributed by atoms with Crippen LogP contribution in [0.1, 0.15) is 32.6 Å². The van der Waals surface area contributed by atoms with Crippen molar-refractivity contribution in [2.75, 3.05) is 24.7 Å². The molecule has 2 N–H and O–H groups in total. The lowest BCUT2D eigenvalue weighted by atomic mass is 10.1. The van der Waals surface area contributed by atoms with E-state index in [0.717, 1.165) is 35.1 Å². The van der Waals surface area contributed by atoms with Gasteiger partial charge >= 0.3 is 0 Å². The summed E-state index contributed by atoms with van der Waals surface area (Å²) in [5.41, 5.74) is 6.83. The molecule has 1 heterocycles. The van der Waals surface area contributed by atoms with E-state index in [2.05, 4.69) is 0 Å². The molecule has 3 nitrogen and oxygen atoms in total. The number of nitrogens with two attached hydrogens (primary N) is 1. The SMILES string of the molecule is CCOc1ccc(N)c(SCCCC2CCCO2)c1. The lowest BCUT2D eigenvalue weighted by Gasteiger charge is -2.10. The van der Waals surface area contributed by atoms with Crippen molar-refractivity contribution in [2.45, 2.75) is 43.6 Å². The molecule has 0 amide bonds. The predicted molar refractivity (Wildman–Crippen MR) is 81.0 cm³/mol. The van der Waals surface area contributed by atoms with Gasteiger partial charge in [0.25, 0.3) is 0 Å². The summed E-state index contributed by atoms with van der Waals surface area (Å²) in [6, 6.07) is 5.89. The summed E-state index contributed by atoms with van der Waals surface area (Å²) in [6.07, 6.45) is 5.28. The number of hydrogen-bond donors (Lipinski definition) is 1. The minimum atomic E-state index is 0.493. The molecule has 1 fully saturated rings. The molecular weight excluding hydrogens is 258 g/mol. The van der Waals surface area contributed by atoms with Crippen LogP contribution in [0.2, 0.25) is 0 Å². The Morgan fingerprint density at radius 3 is 3.11 bits per heavy atom. The Morgan fingerprint density at radius 2 is 2.37 bits per heavy atom. The standard InChI is InChI=1S/C15H23NO2S/c1-2-17-13-7-8-14(16)15(11-13)19-10-4-6-12-5-3-9-18-12/h7-8,11-12H,2-6,9-10,16H2,1H3. The Hall–Kier alpha value is -0.870. The quantitative estimate of drug-likeness (QED) is 0.470. The van der Waals surface area contributed by atoms with Crippen LogP contribution >= 0.6 is 11.8 Å². The van der Waals surface area contributed by atoms with E-state index in [-0.39, 0.29) is 0 Å². The summed E-state index contributed by atoms with van der Waals surface area (Å²) in [5, 5.41) is 0. The number of rotatable bonds is 7. The Labute approximate surface area is 119 Å². The molecule has 1 aliphatic rings. The van der Waals surface area contributed by atoms with Crippen LogP contribution in [0.15, 0.2) is 23.1 Å². The lowest BCUT2D eigenvalue weighted by molar-refractivity contribution is 0.104. The molecule has 19 heavy (non-hydrogen) atoms. The molecule has 0 saturated carbocycles. The Kier molecular flexibility index (Phi) is 5.86. The zero-order chi connectivity index (χ0) is 13.5. The van der Waals surface area contributed by atoms with Gasteiger partial charge in [-0.3, -0.25) is 0 Å². The third-order valence-corrected chi connectivity index (χ3v) is 4.41. The van der Waals surface area contributed by atoms with Gasteiger partial charge in [0.05, 0.1) is 12.7 Å². The molecule has 1 atom stereocenters. The largest absolute Gasteiger partial charge is 0.494 e. The van der Waals surface area contributed by atoms with Crippen molar-refractivity contribution in [1.29, 1.82) is 0 Å². The molecule has 0 radical (unpaired) electrons. The summed E-state index contributed by atoms with van der Waals surface area (Å²) < 4.78 is 11.1. The van der Waals surface area contributed by atoms with E-state index in [9.17, 15) is 0 Å². The van der Waals surface area contributed by atoms with Crippen LogP contribution < -0.4 is 10.5 Å². The molecule has 2 rings (SSSR count). The third-order valence-electron chi connectivity index (χ3n) is 3.25. The summed E-state index contributed by atoms with van der Waals surface area (Å²) in [7, 11) is 0. The van der Waals surface area contributed by atoms with Gasteiger partial charge in [0.2, 0.25) is 0 Å². The van der Waals surface area contributed by atoms with Crippen molar-refractivity contribution in [3.05, 3.63) is 18.2 Å². The topological polar surface area (TPSA) is 44.5 Å². The van der Waals surface area contributed by atoms with E-state index >= 15 is 0 Å². The van der Waals surface area contributed by atoms with Gasteiger partial charge in [-0.05, 0) is 56.6 Å². The molecule has 1 aromatic carbocycles. The van der Waals surface area contributed by atoms with Crippen molar-refractivity contribution in [3.8, 4) is 5.75 Å². The summed E-state index contributed by atoms with van der Waals surface area (Å²) >= 11 is 1.81. The lowest BCUT2D eigenvalue weighted by Crippen LogP contribution is -2.04. The van der Waals surface area contributed by atoms with Gasteiger partial charge in [-0.1, -0.05) is 0 Å². The van der Waals surface area contributed by atoms with Gasteiger partial charge in [-0.25, -0.2) is 0 Å². The van der Waals surface area contributed by atoms with Crippen LogP contribution in [0.25, 0.3) is 0 Å². The van der Waals surface area contributed by atoms with E-state index in [4.69, 9.17) is 15.2 Å². The van der Waals surface area contributed by atoms with Crippen molar-refractivity contribution >= 4 is 17.4 Å². The maximum atomic E-state index is 5.99. The van der Waals surface area contributed by atoms with Crippen molar-refractivity contribution in [1.82, 2.24) is 0 Å². The van der Waals surface area contributed by atoms with Crippen LogP contribution in [-0.2, 0) is 4.74 Å². The second-order valence-corrected chi connectivity index (χ2v) is 5.90. The average Bonchev–Trinajstić information content (AvgIpc) is 2.91. The van der Waals surface area contributed by atoms with Gasteiger partial charge in [0.15, 0.2) is 0 Å². The van der Waals surface area contributed by atoms with Crippen molar-refractivity contribution < 1.29 is 9.47 Å². The molecule has 1 saturated heterocycles. The Bertz CT molecular complexity index is 392. The Morgan fingerprint density at radius 1 is 1.47 bits per heavy atom. The number of hydrogen-bond acceptors (Lipinski definition) is 4. The summed E-state index contributed by atoms with van der Waals surface area (Å²) in [6.45, 7) is 3.62. The van der Waals surface area contributed by atoms with Crippen molar-refractivity contribution in [3.63, 3.8) is 0 Å². The van der Waals surface area contributed by atoms with E-state index in [1.165, 1.54) is 19.3 Å². The fourth-order valence-corrected chi connectivity index (χ4v) is 3.23. The van der Waals surface area contributed by atoms with Gasteiger partial charge in [0, 0.05) is 17.2 Å². The van der Waals surface area contributed by atoms with E-state index in [0.29, 0.717) is 12.7 Å². The van der Waals surface area contributed by atoms with E-state index in [1.807, 2.05) is 36.9 Å². The molecule has 1 unspecified atom stereocenters. The van der Waals surface area contributed by atoms with Crippen LogP contribution in [0, 0.1) is 0 Å². The first-order valence-corrected chi connectivity index (χ1v) is 8.05. The highest BCUT2D eigenvalue weighted by atomic mass is 32.2. The van der Waals surface area contributed by atoms with Gasteiger partial charge < -0.3 is 15.2 Å². The number of ether oxygens (including phenoxy) is 2. The number of nitrogen functional groups attached to an aromatic ring is 1. The molecule has 0 spiro atoms. The normalized spacial score (nSPS) is 18.7. The van der Waals surface area contributed by atoms with Crippen LogP contribution in [0.3, 0.4) is 0 Å². The number of benzene rings is 1. The highest BCUT2D eigenvalue weighted by molar-refractivity contribution is 7.99. The predicted octanol–water partition coefficient (Wildman–Crippen LogP) is 3.72.